The minimum Gasteiger partial charge on any atom is -0.465 e. The maximum Gasteiger partial charge on any atom is 0.341 e. The van der Waals surface area contributed by atoms with Crippen LogP contribution >= 0.6 is 0 Å². The Morgan fingerprint density at radius 3 is 2.66 bits per heavy atom. The molecule has 1 spiro atoms. The molecule has 7 nitrogen and oxygen atoms in total. The van der Waals surface area contributed by atoms with Crippen LogP contribution in [0.2, 0.25) is 0 Å². The number of rotatable bonds is 7. The van der Waals surface area contributed by atoms with Gasteiger partial charge < -0.3 is 19.4 Å². The summed E-state index contributed by atoms with van der Waals surface area (Å²) in [6.45, 7) is 3.33. The normalized spacial score (nSPS) is 22.1. The van der Waals surface area contributed by atoms with Gasteiger partial charge in [-0.05, 0) is 86.4 Å². The number of ether oxygens (including phenoxy) is 2. The molecular formula is C34H36N4O3. The molecule has 4 aliphatic rings. The molecule has 8 rings (SSSR count). The Kier molecular flexibility index (Phi) is 5.85. The van der Waals surface area contributed by atoms with Gasteiger partial charge in [0.2, 0.25) is 0 Å². The van der Waals surface area contributed by atoms with E-state index in [-0.39, 0.29) is 0 Å². The third-order valence-electron chi connectivity index (χ3n) is 9.86. The van der Waals surface area contributed by atoms with Crippen molar-refractivity contribution in [1.29, 1.82) is 0 Å². The highest BCUT2D eigenvalue weighted by molar-refractivity contribution is 5.93. The summed E-state index contributed by atoms with van der Waals surface area (Å²) in [5, 5.41) is 0.957. The van der Waals surface area contributed by atoms with Crippen LogP contribution in [0.5, 0.6) is 11.5 Å². The van der Waals surface area contributed by atoms with Gasteiger partial charge in [0, 0.05) is 53.9 Å². The molecule has 41 heavy (non-hydrogen) atoms. The fraction of sp³-hybridized carbons (Fsp3) is 0.412. The predicted octanol–water partition coefficient (Wildman–Crippen LogP) is 6.83. The van der Waals surface area contributed by atoms with Crippen LogP contribution < -0.4 is 9.64 Å². The van der Waals surface area contributed by atoms with Crippen molar-refractivity contribution in [3.63, 3.8) is 0 Å². The second kappa shape index (κ2) is 9.62. The topological polar surface area (TPSA) is 70.7 Å². The van der Waals surface area contributed by atoms with Gasteiger partial charge in [0.25, 0.3) is 0 Å². The minimum absolute atomic E-state index is 0.402. The molecule has 0 bridgehead atoms. The maximum absolute atomic E-state index is 12.5. The number of nitrogens with one attached hydrogen (secondary N) is 1. The first-order chi connectivity index (χ1) is 20.1. The van der Waals surface area contributed by atoms with Gasteiger partial charge in [-0.1, -0.05) is 24.3 Å². The Labute approximate surface area is 240 Å². The molecule has 2 aliphatic heterocycles. The number of pyridine rings is 1. The molecule has 210 valence electrons. The number of esters is 1. The number of carbonyl (C=O) groups excluding carboxylic acids is 1. The summed E-state index contributed by atoms with van der Waals surface area (Å²) in [6, 6.07) is 20.2. The van der Waals surface area contributed by atoms with Crippen LogP contribution in [0.3, 0.4) is 0 Å². The van der Waals surface area contributed by atoms with Crippen LogP contribution in [-0.4, -0.2) is 53.6 Å². The summed E-state index contributed by atoms with van der Waals surface area (Å²) in [4.78, 5) is 25.3. The molecule has 4 aromatic rings. The summed E-state index contributed by atoms with van der Waals surface area (Å²) in [6.07, 6.45) is 11.4. The second-order valence-corrected chi connectivity index (χ2v) is 12.6. The summed E-state index contributed by atoms with van der Waals surface area (Å²) >= 11 is 0. The molecule has 2 saturated heterocycles. The smallest absolute Gasteiger partial charge is 0.341 e. The number of nitrogens with zero attached hydrogens (tertiary/aromatic N) is 3. The molecule has 0 amide bonds. The van der Waals surface area contributed by atoms with Crippen molar-refractivity contribution in [1.82, 2.24) is 14.9 Å². The average Bonchev–Trinajstić information content (AvgIpc) is 3.50. The van der Waals surface area contributed by atoms with Crippen LogP contribution in [0.25, 0.3) is 11.0 Å². The minimum atomic E-state index is -0.410. The van der Waals surface area contributed by atoms with Gasteiger partial charge in [-0.25, -0.2) is 9.78 Å². The Bertz CT molecular complexity index is 1610. The van der Waals surface area contributed by atoms with Crippen LogP contribution in [0.15, 0.2) is 67.0 Å². The molecule has 2 aromatic carbocycles. The van der Waals surface area contributed by atoms with Crippen molar-refractivity contribution in [2.75, 3.05) is 31.6 Å². The zero-order valence-corrected chi connectivity index (χ0v) is 23.5. The van der Waals surface area contributed by atoms with Gasteiger partial charge in [-0.15, -0.1) is 0 Å². The molecule has 2 saturated carbocycles. The zero-order chi connectivity index (χ0) is 27.6. The monoisotopic (exact) mass is 548 g/mol. The van der Waals surface area contributed by atoms with Crippen LogP contribution in [-0.2, 0) is 4.74 Å². The van der Waals surface area contributed by atoms with E-state index in [1.54, 1.807) is 17.3 Å². The van der Waals surface area contributed by atoms with Gasteiger partial charge >= 0.3 is 5.97 Å². The van der Waals surface area contributed by atoms with Crippen molar-refractivity contribution in [3.05, 3.63) is 83.7 Å². The Morgan fingerprint density at radius 1 is 1.02 bits per heavy atom. The Balaban J connectivity index is 0.959. The zero-order valence-electron chi connectivity index (χ0n) is 23.5. The highest BCUT2D eigenvalue weighted by atomic mass is 16.5. The van der Waals surface area contributed by atoms with Crippen LogP contribution in [0, 0.1) is 5.41 Å². The SMILES string of the molecule is COC(=O)c1ccc(N2CC3(CC(N4CCC[C@H]4c4ccccc4C4CC4)C3)C2)cc1Oc1cnc2[nH]ccc2c1. The molecule has 0 radical (unpaired) electrons. The Morgan fingerprint density at radius 2 is 1.85 bits per heavy atom. The number of methoxy groups -OCH3 is 1. The molecule has 4 heterocycles. The number of carbonyl (C=O) groups is 1. The molecule has 0 unspecified atom stereocenters. The van der Waals surface area contributed by atoms with E-state index >= 15 is 0 Å². The lowest BCUT2D eigenvalue weighted by molar-refractivity contribution is -0.0257. The molecule has 2 aliphatic carbocycles. The van der Waals surface area contributed by atoms with E-state index in [0.717, 1.165) is 35.7 Å². The summed E-state index contributed by atoms with van der Waals surface area (Å²) in [7, 11) is 1.40. The standard InChI is InChI=1S/C34H36N4O3/c1-40-33(39)29-11-10-24(16-31(29)41-26-15-23-12-13-35-32(23)36-19-26)37-20-34(21-37)17-25(18-34)38-14-4-7-30(38)28-6-3-2-5-27(28)22-8-9-22/h2-3,5-6,10-13,15-16,19,22,25,30H,4,7-9,14,17-18,20-21H2,1H3,(H,35,36)/t30-/m0/s1. The van der Waals surface area contributed by atoms with E-state index < -0.39 is 5.97 Å². The number of aromatic nitrogens is 2. The molecule has 7 heteroatoms. The third kappa shape index (κ3) is 4.38. The molecular weight excluding hydrogens is 512 g/mol. The summed E-state index contributed by atoms with van der Waals surface area (Å²) in [5.74, 6) is 1.47. The molecule has 1 N–H and O–H groups in total. The first-order valence-electron chi connectivity index (χ1n) is 15.0. The number of aromatic amines is 1. The van der Waals surface area contributed by atoms with Crippen molar-refractivity contribution in [2.45, 2.75) is 56.5 Å². The van der Waals surface area contributed by atoms with E-state index in [4.69, 9.17) is 9.47 Å². The van der Waals surface area contributed by atoms with Crippen molar-refractivity contribution >= 4 is 22.7 Å². The van der Waals surface area contributed by atoms with Gasteiger partial charge in [-0.3, -0.25) is 4.90 Å². The lowest BCUT2D eigenvalue weighted by Gasteiger charge is -2.62. The summed E-state index contributed by atoms with van der Waals surface area (Å²) < 4.78 is 11.3. The third-order valence-corrected chi connectivity index (χ3v) is 9.86. The van der Waals surface area contributed by atoms with Gasteiger partial charge in [0.05, 0.1) is 13.3 Å². The van der Waals surface area contributed by atoms with Gasteiger partial charge in [0.15, 0.2) is 0 Å². The van der Waals surface area contributed by atoms with Crippen molar-refractivity contribution in [2.24, 2.45) is 5.41 Å². The number of anilines is 1. The maximum atomic E-state index is 12.5. The number of H-pyrrole nitrogens is 1. The van der Waals surface area contributed by atoms with E-state index in [1.807, 2.05) is 36.5 Å². The van der Waals surface area contributed by atoms with Crippen molar-refractivity contribution in [3.8, 4) is 11.5 Å². The lowest BCUT2D eigenvalue weighted by Crippen LogP contribution is -2.66. The first kappa shape index (κ1) is 24.9. The first-order valence-corrected chi connectivity index (χ1v) is 15.0. The van der Waals surface area contributed by atoms with Crippen LogP contribution in [0.1, 0.15) is 72.0 Å². The van der Waals surface area contributed by atoms with Gasteiger partial charge in [0.1, 0.15) is 22.7 Å². The molecule has 4 fully saturated rings. The number of benzene rings is 2. The van der Waals surface area contributed by atoms with Crippen LogP contribution in [0.4, 0.5) is 5.69 Å². The number of fused-ring (bicyclic) bond motifs is 1. The van der Waals surface area contributed by atoms with E-state index in [9.17, 15) is 4.79 Å². The summed E-state index contributed by atoms with van der Waals surface area (Å²) in [5.41, 5.74) is 5.92. The fourth-order valence-electron chi connectivity index (χ4n) is 7.69. The second-order valence-electron chi connectivity index (χ2n) is 12.6. The predicted molar refractivity (Wildman–Crippen MR) is 159 cm³/mol. The highest BCUT2D eigenvalue weighted by Gasteiger charge is 2.55. The quantitative estimate of drug-likeness (QED) is 0.256. The van der Waals surface area contributed by atoms with E-state index in [2.05, 4.69) is 44.0 Å². The number of likely N-dealkylation sites (tertiary alicyclic amines) is 1. The number of hydrogen-bond acceptors (Lipinski definition) is 6. The fourth-order valence-corrected chi connectivity index (χ4v) is 7.69. The van der Waals surface area contributed by atoms with Gasteiger partial charge in [-0.2, -0.15) is 0 Å². The highest BCUT2D eigenvalue weighted by Crippen LogP contribution is 2.55. The Hall–Kier alpha value is -3.84. The lowest BCUT2D eigenvalue weighted by atomic mass is 9.60. The molecule has 2 aromatic heterocycles. The average molecular weight is 549 g/mol. The largest absolute Gasteiger partial charge is 0.465 e. The van der Waals surface area contributed by atoms with E-state index in [0.29, 0.717) is 34.6 Å². The van der Waals surface area contributed by atoms with E-state index in [1.165, 1.54) is 52.2 Å². The number of hydrogen-bond donors (Lipinski definition) is 1. The van der Waals surface area contributed by atoms with Crippen molar-refractivity contribution < 1.29 is 14.3 Å². The molecule has 1 atom stereocenters.